The molecule has 2 N–H and O–H groups in total. The van der Waals surface area contributed by atoms with E-state index in [0.29, 0.717) is 18.7 Å². The molecule has 134 valence electrons. The van der Waals surface area contributed by atoms with Crippen molar-refractivity contribution < 1.29 is 19.1 Å². The SMILES string of the molecule is O=C(COc1ccccc1)NCC(=O)N1CCCC1C(=O)NC1CC1. The van der Waals surface area contributed by atoms with Crippen LogP contribution >= 0.6 is 0 Å². The first kappa shape index (κ1) is 17.3. The number of benzene rings is 1. The molecule has 25 heavy (non-hydrogen) atoms. The van der Waals surface area contributed by atoms with E-state index in [4.69, 9.17) is 4.74 Å². The third-order valence-corrected chi connectivity index (χ3v) is 4.35. The standard InChI is InChI=1S/C18H23N3O4/c22-16(12-25-14-5-2-1-3-6-14)19-11-17(23)21-10-4-7-15(21)18(24)20-13-8-9-13/h1-3,5-6,13,15H,4,7-12H2,(H,19,22)(H,20,24). The van der Waals surface area contributed by atoms with Crippen LogP contribution in [0, 0.1) is 0 Å². The molecule has 2 aliphatic rings. The van der Waals surface area contributed by atoms with Crippen molar-refractivity contribution in [1.29, 1.82) is 0 Å². The highest BCUT2D eigenvalue weighted by atomic mass is 16.5. The number of hydrogen-bond acceptors (Lipinski definition) is 4. The van der Waals surface area contributed by atoms with E-state index in [2.05, 4.69) is 10.6 Å². The third kappa shape index (κ3) is 4.95. The topological polar surface area (TPSA) is 87.7 Å². The maximum absolute atomic E-state index is 12.3. The molecule has 1 saturated heterocycles. The molecule has 0 spiro atoms. The summed E-state index contributed by atoms with van der Waals surface area (Å²) >= 11 is 0. The maximum Gasteiger partial charge on any atom is 0.258 e. The molecular formula is C18H23N3O4. The Morgan fingerprint density at radius 3 is 2.60 bits per heavy atom. The van der Waals surface area contributed by atoms with Crippen LogP contribution in [0.2, 0.25) is 0 Å². The maximum atomic E-state index is 12.3. The average Bonchev–Trinajstić information content (AvgIpc) is 3.30. The lowest BCUT2D eigenvalue weighted by Gasteiger charge is -2.24. The van der Waals surface area contributed by atoms with Gasteiger partial charge in [0.05, 0.1) is 6.54 Å². The molecule has 3 amide bonds. The van der Waals surface area contributed by atoms with Gasteiger partial charge in [0.1, 0.15) is 11.8 Å². The first-order valence-electron chi connectivity index (χ1n) is 8.68. The summed E-state index contributed by atoms with van der Waals surface area (Å²) in [6.45, 7) is 0.283. The van der Waals surface area contributed by atoms with Gasteiger partial charge in [-0.1, -0.05) is 18.2 Å². The highest BCUT2D eigenvalue weighted by molar-refractivity contribution is 5.91. The zero-order chi connectivity index (χ0) is 17.6. The van der Waals surface area contributed by atoms with Gasteiger partial charge in [-0.25, -0.2) is 0 Å². The van der Waals surface area contributed by atoms with Crippen molar-refractivity contribution in [1.82, 2.24) is 15.5 Å². The van der Waals surface area contributed by atoms with Gasteiger partial charge in [0.15, 0.2) is 6.61 Å². The van der Waals surface area contributed by atoms with E-state index in [-0.39, 0.29) is 36.9 Å². The zero-order valence-corrected chi connectivity index (χ0v) is 14.1. The molecule has 2 fully saturated rings. The predicted molar refractivity (Wildman–Crippen MR) is 90.8 cm³/mol. The molecule has 1 atom stereocenters. The number of nitrogens with zero attached hydrogens (tertiary/aromatic N) is 1. The van der Waals surface area contributed by atoms with Gasteiger partial charge in [0, 0.05) is 12.6 Å². The lowest BCUT2D eigenvalue weighted by Crippen LogP contribution is -2.49. The molecule has 0 radical (unpaired) electrons. The van der Waals surface area contributed by atoms with Gasteiger partial charge in [0.25, 0.3) is 5.91 Å². The largest absolute Gasteiger partial charge is 0.484 e. The van der Waals surface area contributed by atoms with Crippen molar-refractivity contribution in [2.75, 3.05) is 19.7 Å². The second-order valence-electron chi connectivity index (χ2n) is 6.41. The van der Waals surface area contributed by atoms with Gasteiger partial charge in [-0.3, -0.25) is 14.4 Å². The van der Waals surface area contributed by atoms with Crippen molar-refractivity contribution in [3.8, 4) is 5.75 Å². The van der Waals surface area contributed by atoms with Gasteiger partial charge in [-0.2, -0.15) is 0 Å². The van der Waals surface area contributed by atoms with Crippen LogP contribution in [-0.2, 0) is 14.4 Å². The van der Waals surface area contributed by atoms with Gasteiger partial charge >= 0.3 is 0 Å². The van der Waals surface area contributed by atoms with Gasteiger partial charge < -0.3 is 20.3 Å². The van der Waals surface area contributed by atoms with E-state index in [0.717, 1.165) is 19.3 Å². The van der Waals surface area contributed by atoms with Crippen LogP contribution in [0.5, 0.6) is 5.75 Å². The molecule has 1 saturated carbocycles. The minimum absolute atomic E-state index is 0.0768. The summed E-state index contributed by atoms with van der Waals surface area (Å²) in [4.78, 5) is 37.9. The minimum atomic E-state index is -0.412. The molecule has 1 aromatic rings. The predicted octanol–water partition coefficient (Wildman–Crippen LogP) is 0.451. The number of nitrogens with one attached hydrogen (secondary N) is 2. The third-order valence-electron chi connectivity index (χ3n) is 4.35. The van der Waals surface area contributed by atoms with Crippen molar-refractivity contribution in [3.63, 3.8) is 0 Å². The van der Waals surface area contributed by atoms with Crippen LogP contribution in [0.3, 0.4) is 0 Å². The number of likely N-dealkylation sites (tertiary alicyclic amines) is 1. The Balaban J connectivity index is 1.41. The van der Waals surface area contributed by atoms with Crippen molar-refractivity contribution in [2.24, 2.45) is 0 Å². The molecule has 0 bridgehead atoms. The lowest BCUT2D eigenvalue weighted by atomic mass is 10.2. The Morgan fingerprint density at radius 2 is 1.88 bits per heavy atom. The van der Waals surface area contributed by atoms with Gasteiger partial charge in [-0.05, 0) is 37.8 Å². The van der Waals surface area contributed by atoms with Crippen molar-refractivity contribution in [2.45, 2.75) is 37.8 Å². The lowest BCUT2D eigenvalue weighted by molar-refractivity contribution is -0.138. The Kier molecular flexibility index (Phi) is 5.53. The fraction of sp³-hybridized carbons (Fsp3) is 0.500. The fourth-order valence-corrected chi connectivity index (χ4v) is 2.86. The van der Waals surface area contributed by atoms with E-state index < -0.39 is 6.04 Å². The highest BCUT2D eigenvalue weighted by Crippen LogP contribution is 2.22. The van der Waals surface area contributed by atoms with E-state index in [9.17, 15) is 14.4 Å². The normalized spacial score (nSPS) is 19.4. The molecule has 1 unspecified atom stereocenters. The summed E-state index contributed by atoms with van der Waals surface area (Å²) < 4.78 is 5.33. The first-order chi connectivity index (χ1) is 12.1. The summed E-state index contributed by atoms with van der Waals surface area (Å²) in [5.74, 6) is -0.0793. The number of rotatable bonds is 7. The zero-order valence-electron chi connectivity index (χ0n) is 14.1. The molecule has 3 rings (SSSR count). The first-order valence-corrected chi connectivity index (χ1v) is 8.68. The molecule has 1 aliphatic carbocycles. The average molecular weight is 345 g/mol. The second-order valence-corrected chi connectivity index (χ2v) is 6.41. The Hall–Kier alpha value is -2.57. The van der Waals surface area contributed by atoms with Gasteiger partial charge in [-0.15, -0.1) is 0 Å². The van der Waals surface area contributed by atoms with Crippen molar-refractivity contribution in [3.05, 3.63) is 30.3 Å². The molecule has 1 heterocycles. The fourth-order valence-electron chi connectivity index (χ4n) is 2.86. The molecular weight excluding hydrogens is 322 g/mol. The Bertz CT molecular complexity index is 630. The summed E-state index contributed by atoms with van der Waals surface area (Å²) in [5, 5.41) is 5.50. The number of hydrogen-bond donors (Lipinski definition) is 2. The number of ether oxygens (including phenoxy) is 1. The summed E-state index contributed by atoms with van der Waals surface area (Å²) in [7, 11) is 0. The smallest absolute Gasteiger partial charge is 0.258 e. The van der Waals surface area contributed by atoms with E-state index in [1.165, 1.54) is 0 Å². The monoisotopic (exact) mass is 345 g/mol. The van der Waals surface area contributed by atoms with Crippen LogP contribution in [0.4, 0.5) is 0 Å². The van der Waals surface area contributed by atoms with E-state index in [1.54, 1.807) is 17.0 Å². The minimum Gasteiger partial charge on any atom is -0.484 e. The summed E-state index contributed by atoms with van der Waals surface area (Å²) in [6.07, 6.45) is 3.52. The van der Waals surface area contributed by atoms with Crippen LogP contribution in [0.1, 0.15) is 25.7 Å². The molecule has 0 aromatic heterocycles. The summed E-state index contributed by atoms with van der Waals surface area (Å²) in [5.41, 5.74) is 0. The van der Waals surface area contributed by atoms with Crippen LogP contribution < -0.4 is 15.4 Å². The Labute approximate surface area is 146 Å². The van der Waals surface area contributed by atoms with E-state index >= 15 is 0 Å². The number of para-hydroxylation sites is 1. The van der Waals surface area contributed by atoms with Crippen LogP contribution in [0.25, 0.3) is 0 Å². The second kappa shape index (κ2) is 8.00. The summed E-state index contributed by atoms with van der Waals surface area (Å²) in [6, 6.07) is 8.87. The van der Waals surface area contributed by atoms with Crippen LogP contribution in [0.15, 0.2) is 30.3 Å². The molecule has 7 nitrogen and oxygen atoms in total. The Morgan fingerprint density at radius 1 is 1.12 bits per heavy atom. The van der Waals surface area contributed by atoms with Crippen LogP contribution in [-0.4, -0.2) is 54.4 Å². The van der Waals surface area contributed by atoms with E-state index in [1.807, 2.05) is 18.2 Å². The number of carbonyl (C=O) groups is 3. The molecule has 1 aliphatic heterocycles. The van der Waals surface area contributed by atoms with Crippen molar-refractivity contribution >= 4 is 17.7 Å². The number of carbonyl (C=O) groups excluding carboxylic acids is 3. The molecule has 7 heteroatoms. The quantitative estimate of drug-likeness (QED) is 0.751. The van der Waals surface area contributed by atoms with Gasteiger partial charge in [0.2, 0.25) is 11.8 Å². The number of amides is 3. The molecule has 1 aromatic carbocycles. The highest BCUT2D eigenvalue weighted by Gasteiger charge is 2.36.